The molecule has 8 heteroatoms. The predicted molar refractivity (Wildman–Crippen MR) is 114 cm³/mol. The van der Waals surface area contributed by atoms with Gasteiger partial charge in [-0.3, -0.25) is 4.79 Å². The number of carbonyl (C=O) groups is 1. The van der Waals surface area contributed by atoms with Crippen LogP contribution < -0.4 is 5.43 Å². The third-order valence-corrected chi connectivity index (χ3v) is 5.23. The van der Waals surface area contributed by atoms with Gasteiger partial charge in [-0.05, 0) is 31.5 Å². The topological polar surface area (TPSA) is 72.2 Å². The molecular formula is C20H20ClN5OS. The normalized spacial score (nSPS) is 11.5. The van der Waals surface area contributed by atoms with Crippen LogP contribution in [0.2, 0.25) is 5.02 Å². The molecule has 2 aromatic carbocycles. The van der Waals surface area contributed by atoms with Crippen molar-refractivity contribution in [1.82, 2.24) is 20.2 Å². The Morgan fingerprint density at radius 2 is 1.86 bits per heavy atom. The van der Waals surface area contributed by atoms with Gasteiger partial charge in [-0.2, -0.15) is 5.10 Å². The van der Waals surface area contributed by atoms with Gasteiger partial charge in [-0.25, -0.2) is 5.43 Å². The molecule has 0 bridgehead atoms. The zero-order valence-corrected chi connectivity index (χ0v) is 17.2. The molecule has 0 spiro atoms. The zero-order valence-electron chi connectivity index (χ0n) is 15.6. The summed E-state index contributed by atoms with van der Waals surface area (Å²) in [6, 6.07) is 17.2. The van der Waals surface area contributed by atoms with Crippen LogP contribution in [0.5, 0.6) is 0 Å². The molecule has 0 atom stereocenters. The van der Waals surface area contributed by atoms with Gasteiger partial charge in [0.05, 0.1) is 11.5 Å². The molecule has 1 amide bonds. The minimum absolute atomic E-state index is 0.199. The average Bonchev–Trinajstić information content (AvgIpc) is 3.14. The van der Waals surface area contributed by atoms with E-state index in [-0.39, 0.29) is 11.7 Å². The number of hydrogen-bond donors (Lipinski definition) is 1. The Labute approximate surface area is 173 Å². The summed E-state index contributed by atoms with van der Waals surface area (Å²) in [7, 11) is 0. The maximum absolute atomic E-state index is 12.2. The van der Waals surface area contributed by atoms with Crippen LogP contribution >= 0.6 is 23.4 Å². The van der Waals surface area contributed by atoms with E-state index in [1.54, 1.807) is 12.1 Å². The van der Waals surface area contributed by atoms with Crippen molar-refractivity contribution in [3.05, 3.63) is 65.2 Å². The maximum Gasteiger partial charge on any atom is 0.250 e. The quantitative estimate of drug-likeness (QED) is 0.357. The highest BCUT2D eigenvalue weighted by Gasteiger charge is 2.14. The Kier molecular flexibility index (Phi) is 6.84. The van der Waals surface area contributed by atoms with Gasteiger partial charge in [0.15, 0.2) is 11.0 Å². The lowest BCUT2D eigenvalue weighted by Gasteiger charge is -2.07. The van der Waals surface area contributed by atoms with Crippen LogP contribution in [-0.2, 0) is 11.3 Å². The Morgan fingerprint density at radius 3 is 2.54 bits per heavy atom. The molecule has 6 nitrogen and oxygen atoms in total. The van der Waals surface area contributed by atoms with Crippen molar-refractivity contribution in [2.75, 3.05) is 5.75 Å². The predicted octanol–water partition coefficient (Wildman–Crippen LogP) is 4.25. The molecule has 0 saturated carbocycles. The van der Waals surface area contributed by atoms with E-state index >= 15 is 0 Å². The molecule has 0 aliphatic heterocycles. The summed E-state index contributed by atoms with van der Waals surface area (Å²) in [6.45, 7) is 4.57. The summed E-state index contributed by atoms with van der Waals surface area (Å²) in [6.07, 6.45) is 0. The largest absolute Gasteiger partial charge is 0.302 e. The second kappa shape index (κ2) is 9.52. The van der Waals surface area contributed by atoms with E-state index in [9.17, 15) is 4.79 Å². The van der Waals surface area contributed by atoms with E-state index in [0.29, 0.717) is 15.9 Å². The summed E-state index contributed by atoms with van der Waals surface area (Å²) in [5, 5.41) is 14.0. The molecule has 3 aromatic rings. The number of amides is 1. The van der Waals surface area contributed by atoms with Crippen LogP contribution in [0.4, 0.5) is 0 Å². The maximum atomic E-state index is 12.2. The lowest BCUT2D eigenvalue weighted by atomic mass is 10.1. The van der Waals surface area contributed by atoms with E-state index in [1.165, 1.54) is 11.8 Å². The molecule has 0 aliphatic carbocycles. The first-order valence-electron chi connectivity index (χ1n) is 8.79. The zero-order chi connectivity index (χ0) is 19.9. The van der Waals surface area contributed by atoms with Crippen LogP contribution in [0.15, 0.2) is 64.9 Å². The highest BCUT2D eigenvalue weighted by Crippen LogP contribution is 2.23. The van der Waals surface area contributed by atoms with Gasteiger partial charge in [-0.1, -0.05) is 65.8 Å². The number of nitrogens with one attached hydrogen (secondary N) is 1. The lowest BCUT2D eigenvalue weighted by molar-refractivity contribution is -0.118. The van der Waals surface area contributed by atoms with E-state index in [0.717, 1.165) is 23.5 Å². The van der Waals surface area contributed by atoms with Crippen molar-refractivity contribution in [3.63, 3.8) is 0 Å². The van der Waals surface area contributed by atoms with E-state index in [1.807, 2.05) is 60.9 Å². The number of benzene rings is 2. The van der Waals surface area contributed by atoms with Crippen LogP contribution in [-0.4, -0.2) is 32.1 Å². The van der Waals surface area contributed by atoms with Crippen LogP contribution in [0, 0.1) is 0 Å². The number of nitrogens with zero attached hydrogens (tertiary/aromatic N) is 4. The second-order valence-corrected chi connectivity index (χ2v) is 7.32. The molecule has 1 heterocycles. The fourth-order valence-corrected chi connectivity index (χ4v) is 3.47. The first-order valence-corrected chi connectivity index (χ1v) is 10.2. The number of rotatable bonds is 7. The van der Waals surface area contributed by atoms with Crippen LogP contribution in [0.25, 0.3) is 11.4 Å². The van der Waals surface area contributed by atoms with Gasteiger partial charge in [-0.15, -0.1) is 10.2 Å². The summed E-state index contributed by atoms with van der Waals surface area (Å²) >= 11 is 7.22. The smallest absolute Gasteiger partial charge is 0.250 e. The molecule has 0 radical (unpaired) electrons. The third-order valence-electron chi connectivity index (χ3n) is 4.01. The monoisotopic (exact) mass is 413 g/mol. The number of aromatic nitrogens is 3. The molecular weight excluding hydrogens is 394 g/mol. The summed E-state index contributed by atoms with van der Waals surface area (Å²) in [4.78, 5) is 12.2. The molecule has 0 fully saturated rings. The Bertz CT molecular complexity index is 970. The first-order chi connectivity index (χ1) is 13.6. The number of thioether (sulfide) groups is 1. The van der Waals surface area contributed by atoms with E-state index < -0.39 is 0 Å². The SMILES string of the molecule is CCn1c(SCC(=O)N/N=C(/C)c2ccc(Cl)cc2)nnc1-c1ccccc1. The van der Waals surface area contributed by atoms with Gasteiger partial charge in [0.1, 0.15) is 0 Å². The molecule has 0 unspecified atom stereocenters. The first kappa shape index (κ1) is 20.1. The molecule has 144 valence electrons. The van der Waals surface area contributed by atoms with E-state index in [4.69, 9.17) is 11.6 Å². The molecule has 1 N–H and O–H groups in total. The Balaban J connectivity index is 1.61. The van der Waals surface area contributed by atoms with Crippen molar-refractivity contribution in [3.8, 4) is 11.4 Å². The number of carbonyl (C=O) groups excluding carboxylic acids is 1. The molecule has 0 aliphatic rings. The second-order valence-electron chi connectivity index (χ2n) is 5.94. The fraction of sp³-hybridized carbons (Fsp3) is 0.200. The number of hydrazone groups is 1. The Morgan fingerprint density at radius 1 is 1.14 bits per heavy atom. The van der Waals surface area contributed by atoms with Gasteiger partial charge in [0.2, 0.25) is 0 Å². The Hall–Kier alpha value is -2.64. The lowest BCUT2D eigenvalue weighted by Crippen LogP contribution is -2.21. The van der Waals surface area contributed by atoms with E-state index in [2.05, 4.69) is 20.7 Å². The van der Waals surface area contributed by atoms with Crippen molar-refractivity contribution >= 4 is 35.0 Å². The average molecular weight is 414 g/mol. The fourth-order valence-electron chi connectivity index (χ4n) is 2.55. The van der Waals surface area contributed by atoms with Gasteiger partial charge >= 0.3 is 0 Å². The molecule has 0 saturated heterocycles. The van der Waals surface area contributed by atoms with Gasteiger partial charge in [0.25, 0.3) is 5.91 Å². The minimum Gasteiger partial charge on any atom is -0.302 e. The minimum atomic E-state index is -0.203. The summed E-state index contributed by atoms with van der Waals surface area (Å²) in [5.41, 5.74) is 5.18. The molecule has 3 rings (SSSR count). The van der Waals surface area contributed by atoms with Crippen molar-refractivity contribution in [2.24, 2.45) is 5.10 Å². The highest BCUT2D eigenvalue weighted by atomic mass is 35.5. The standard InChI is InChI=1S/C20H20ClN5OS/c1-3-26-19(16-7-5-4-6-8-16)24-25-20(26)28-13-18(27)23-22-14(2)15-9-11-17(21)12-10-15/h4-12H,3,13H2,1-2H3,(H,23,27)/b22-14-. The molecule has 28 heavy (non-hydrogen) atoms. The van der Waals surface area contributed by atoms with Crippen molar-refractivity contribution in [1.29, 1.82) is 0 Å². The molecule has 1 aromatic heterocycles. The van der Waals surface area contributed by atoms with Crippen LogP contribution in [0.1, 0.15) is 19.4 Å². The third kappa shape index (κ3) is 4.99. The number of halogens is 1. The number of hydrogen-bond acceptors (Lipinski definition) is 5. The van der Waals surface area contributed by atoms with Gasteiger partial charge < -0.3 is 4.57 Å². The summed E-state index contributed by atoms with van der Waals surface area (Å²) in [5.74, 6) is 0.789. The summed E-state index contributed by atoms with van der Waals surface area (Å²) < 4.78 is 2.00. The van der Waals surface area contributed by atoms with Crippen molar-refractivity contribution in [2.45, 2.75) is 25.5 Å². The van der Waals surface area contributed by atoms with Crippen molar-refractivity contribution < 1.29 is 4.79 Å². The van der Waals surface area contributed by atoms with Gasteiger partial charge in [0, 0.05) is 17.1 Å². The van der Waals surface area contributed by atoms with Crippen LogP contribution in [0.3, 0.4) is 0 Å². The highest BCUT2D eigenvalue weighted by molar-refractivity contribution is 7.99.